The summed E-state index contributed by atoms with van der Waals surface area (Å²) in [5.74, 6) is 0.0400. The van der Waals surface area contributed by atoms with Gasteiger partial charge in [0.1, 0.15) is 6.04 Å². The third-order valence-corrected chi connectivity index (χ3v) is 2.90. The van der Waals surface area contributed by atoms with E-state index in [1.807, 2.05) is 0 Å². The molecule has 2 heterocycles. The number of aromatic amines is 1. The third kappa shape index (κ3) is 1.72. The summed E-state index contributed by atoms with van der Waals surface area (Å²) in [4.78, 5) is 26.8. The Kier molecular flexibility index (Phi) is 2.44. The minimum absolute atomic E-state index is 0.0400. The van der Waals surface area contributed by atoms with Crippen LogP contribution in [0.3, 0.4) is 0 Å². The topological polar surface area (TPSA) is 58.1 Å². The summed E-state index contributed by atoms with van der Waals surface area (Å²) in [5.41, 5.74) is -0.241. The highest BCUT2D eigenvalue weighted by atomic mass is 32.1. The second-order valence-corrected chi connectivity index (χ2v) is 3.97. The van der Waals surface area contributed by atoms with Crippen molar-refractivity contribution in [1.82, 2.24) is 14.5 Å². The zero-order valence-corrected chi connectivity index (χ0v) is 9.08. The maximum absolute atomic E-state index is 11.7. The Morgan fingerprint density at radius 2 is 2.27 bits per heavy atom. The van der Waals surface area contributed by atoms with E-state index in [0.717, 1.165) is 13.0 Å². The van der Waals surface area contributed by atoms with Gasteiger partial charge in [0.2, 0.25) is 5.91 Å². The number of nitrogens with one attached hydrogen (secondary N) is 1. The number of carbonyl (C=O) groups is 1. The number of rotatable bonds is 1. The van der Waals surface area contributed by atoms with E-state index < -0.39 is 0 Å². The van der Waals surface area contributed by atoms with Crippen molar-refractivity contribution >= 4 is 18.1 Å². The first kappa shape index (κ1) is 10.1. The average Bonchev–Trinajstić information content (AvgIpc) is 2.49. The molecule has 80 valence electrons. The lowest BCUT2D eigenvalue weighted by Gasteiger charge is -2.13. The summed E-state index contributed by atoms with van der Waals surface area (Å²) >= 11 is 5.00. The van der Waals surface area contributed by atoms with E-state index in [1.54, 1.807) is 22.7 Å². The van der Waals surface area contributed by atoms with Crippen molar-refractivity contribution in [2.45, 2.75) is 12.5 Å². The molecule has 1 amide bonds. The third-order valence-electron chi connectivity index (χ3n) is 2.59. The maximum atomic E-state index is 11.7. The molecule has 1 N–H and O–H groups in total. The molecule has 1 aliphatic rings. The molecule has 1 saturated heterocycles. The Bertz CT molecular complexity index is 505. The predicted octanol–water partition coefficient (Wildman–Crippen LogP) is 0.309. The molecule has 0 spiro atoms. The highest BCUT2D eigenvalue weighted by molar-refractivity contribution is 7.71. The summed E-state index contributed by atoms with van der Waals surface area (Å²) in [6, 6.07) is 1.11. The van der Waals surface area contributed by atoms with Crippen LogP contribution in [-0.4, -0.2) is 34.0 Å². The van der Waals surface area contributed by atoms with Crippen molar-refractivity contribution in [3.05, 3.63) is 27.4 Å². The molecule has 1 atom stereocenters. The number of likely N-dealkylation sites (tertiary alicyclic amines) is 1. The zero-order chi connectivity index (χ0) is 11.0. The predicted molar refractivity (Wildman–Crippen MR) is 57.2 cm³/mol. The first-order valence-electron chi connectivity index (χ1n) is 4.66. The van der Waals surface area contributed by atoms with E-state index in [0.29, 0.717) is 4.77 Å². The number of carbonyl (C=O) groups excluding carboxylic acids is 1. The molecule has 2 rings (SSSR count). The van der Waals surface area contributed by atoms with E-state index in [4.69, 9.17) is 12.2 Å². The molecule has 0 bridgehead atoms. The minimum atomic E-state index is -0.264. The Balaban J connectivity index is 2.43. The van der Waals surface area contributed by atoms with Crippen molar-refractivity contribution in [3.8, 4) is 0 Å². The van der Waals surface area contributed by atoms with Gasteiger partial charge in [-0.25, -0.2) is 0 Å². The highest BCUT2D eigenvalue weighted by Crippen LogP contribution is 2.21. The van der Waals surface area contributed by atoms with Crippen molar-refractivity contribution in [3.63, 3.8) is 0 Å². The maximum Gasteiger partial charge on any atom is 0.251 e. The van der Waals surface area contributed by atoms with Gasteiger partial charge in [0.15, 0.2) is 4.77 Å². The number of likely N-dealkylation sites (N-methyl/N-ethyl adjacent to an activating group) is 1. The molecule has 1 aromatic rings. The lowest BCUT2D eigenvalue weighted by Crippen LogP contribution is -2.26. The van der Waals surface area contributed by atoms with Gasteiger partial charge in [0.05, 0.1) is 0 Å². The highest BCUT2D eigenvalue weighted by Gasteiger charge is 2.30. The smallest absolute Gasteiger partial charge is 0.251 e. The van der Waals surface area contributed by atoms with E-state index in [9.17, 15) is 9.59 Å². The van der Waals surface area contributed by atoms with Gasteiger partial charge < -0.3 is 9.47 Å². The summed E-state index contributed by atoms with van der Waals surface area (Å²) in [6.07, 6.45) is 2.30. The second kappa shape index (κ2) is 3.62. The quantitative estimate of drug-likeness (QED) is 0.700. The molecule has 1 fully saturated rings. The second-order valence-electron chi connectivity index (χ2n) is 3.58. The minimum Gasteiger partial charge on any atom is -0.344 e. The summed E-state index contributed by atoms with van der Waals surface area (Å²) in [5, 5.41) is 0. The van der Waals surface area contributed by atoms with E-state index >= 15 is 0 Å². The van der Waals surface area contributed by atoms with Crippen LogP contribution in [0.25, 0.3) is 0 Å². The fourth-order valence-corrected chi connectivity index (χ4v) is 2.02. The first-order chi connectivity index (χ1) is 7.09. The fraction of sp³-hybridized carbons (Fsp3) is 0.444. The monoisotopic (exact) mass is 225 g/mol. The van der Waals surface area contributed by atoms with Crippen LogP contribution in [0, 0.1) is 4.77 Å². The lowest BCUT2D eigenvalue weighted by molar-refractivity contribution is -0.129. The van der Waals surface area contributed by atoms with Gasteiger partial charge in [0, 0.05) is 25.9 Å². The van der Waals surface area contributed by atoms with E-state index in [2.05, 4.69) is 4.98 Å². The van der Waals surface area contributed by atoms with Crippen molar-refractivity contribution in [2.75, 3.05) is 13.6 Å². The standard InChI is InChI=1S/C9H11N3O2S/c1-11-4-2-6(8(11)14)12-5-3-7(13)10-9(12)15/h3,5-6H,2,4H2,1H3,(H,10,13,15). The van der Waals surface area contributed by atoms with Crippen LogP contribution in [0.15, 0.2) is 17.1 Å². The van der Waals surface area contributed by atoms with Crippen LogP contribution in [0.4, 0.5) is 0 Å². The van der Waals surface area contributed by atoms with Gasteiger partial charge in [-0.3, -0.25) is 14.6 Å². The Morgan fingerprint density at radius 3 is 2.80 bits per heavy atom. The van der Waals surface area contributed by atoms with Crippen LogP contribution in [-0.2, 0) is 4.79 Å². The lowest BCUT2D eigenvalue weighted by atomic mass is 10.2. The number of aromatic nitrogens is 2. The molecule has 0 aliphatic carbocycles. The molecule has 6 heteroatoms. The zero-order valence-electron chi connectivity index (χ0n) is 8.27. The van der Waals surface area contributed by atoms with Crippen molar-refractivity contribution < 1.29 is 4.79 Å². The SMILES string of the molecule is CN1CCC(n2ccc(=O)[nH]c2=S)C1=O. The molecule has 15 heavy (non-hydrogen) atoms. The van der Waals surface area contributed by atoms with Crippen LogP contribution >= 0.6 is 12.2 Å². The summed E-state index contributed by atoms with van der Waals surface area (Å²) < 4.78 is 1.94. The van der Waals surface area contributed by atoms with Gasteiger partial charge >= 0.3 is 0 Å². The van der Waals surface area contributed by atoms with Crippen LogP contribution in [0.1, 0.15) is 12.5 Å². The Labute approximate surface area is 91.3 Å². The molecular formula is C9H11N3O2S. The fourth-order valence-electron chi connectivity index (χ4n) is 1.73. The van der Waals surface area contributed by atoms with Gasteiger partial charge in [-0.15, -0.1) is 0 Å². The van der Waals surface area contributed by atoms with Crippen molar-refractivity contribution in [1.29, 1.82) is 0 Å². The molecular weight excluding hydrogens is 214 g/mol. The number of amides is 1. The molecule has 0 aromatic carbocycles. The van der Waals surface area contributed by atoms with E-state index in [-0.39, 0.29) is 17.5 Å². The van der Waals surface area contributed by atoms with Gasteiger partial charge in [0.25, 0.3) is 5.56 Å². The average molecular weight is 225 g/mol. The largest absolute Gasteiger partial charge is 0.344 e. The van der Waals surface area contributed by atoms with Gasteiger partial charge in [-0.2, -0.15) is 0 Å². The molecule has 1 unspecified atom stereocenters. The Hall–Kier alpha value is -1.43. The van der Waals surface area contributed by atoms with Crippen molar-refractivity contribution in [2.24, 2.45) is 0 Å². The first-order valence-corrected chi connectivity index (χ1v) is 5.07. The summed E-state index contributed by atoms with van der Waals surface area (Å²) in [6.45, 7) is 0.727. The molecule has 5 nitrogen and oxygen atoms in total. The number of hydrogen-bond donors (Lipinski definition) is 1. The molecule has 1 aromatic heterocycles. The summed E-state index contributed by atoms with van der Waals surface area (Å²) in [7, 11) is 1.76. The normalized spacial score (nSPS) is 21.0. The number of nitrogens with zero attached hydrogens (tertiary/aromatic N) is 2. The molecule has 0 radical (unpaired) electrons. The van der Waals surface area contributed by atoms with Crippen LogP contribution in [0.2, 0.25) is 0 Å². The van der Waals surface area contributed by atoms with Gasteiger partial charge in [-0.1, -0.05) is 0 Å². The van der Waals surface area contributed by atoms with Crippen LogP contribution in [0.5, 0.6) is 0 Å². The number of hydrogen-bond acceptors (Lipinski definition) is 3. The van der Waals surface area contributed by atoms with E-state index in [1.165, 1.54) is 6.07 Å². The van der Waals surface area contributed by atoms with Gasteiger partial charge in [-0.05, 0) is 18.6 Å². The Morgan fingerprint density at radius 1 is 1.53 bits per heavy atom. The molecule has 0 saturated carbocycles. The number of H-pyrrole nitrogens is 1. The van der Waals surface area contributed by atoms with Crippen LogP contribution < -0.4 is 5.56 Å². The molecule has 1 aliphatic heterocycles.